The predicted octanol–water partition coefficient (Wildman–Crippen LogP) is 6.06. The van der Waals surface area contributed by atoms with Gasteiger partial charge in [0.1, 0.15) is 5.82 Å². The van der Waals surface area contributed by atoms with E-state index in [-0.39, 0.29) is 5.75 Å². The maximum atomic E-state index is 10.5. The van der Waals surface area contributed by atoms with Gasteiger partial charge in [-0.05, 0) is 42.5 Å². The molecule has 0 bridgehead atoms. The van der Waals surface area contributed by atoms with E-state index < -0.39 is 0 Å². The first-order valence-electron chi connectivity index (χ1n) is 8.41. The molecular weight excluding hydrogens is 397 g/mol. The van der Waals surface area contributed by atoms with Gasteiger partial charge in [0.15, 0.2) is 17.3 Å². The first kappa shape index (κ1) is 18.3. The Hall–Kier alpha value is -3.02. The highest BCUT2D eigenvalue weighted by Gasteiger charge is 2.15. The number of hydrogen-bond donors (Lipinski definition) is 2. The van der Waals surface area contributed by atoms with E-state index in [0.29, 0.717) is 38.7 Å². The van der Waals surface area contributed by atoms with Crippen molar-refractivity contribution in [3.63, 3.8) is 0 Å². The van der Waals surface area contributed by atoms with Crippen LogP contribution in [0, 0.1) is 0 Å². The fourth-order valence-corrected chi connectivity index (χ4v) is 3.45. The molecule has 0 spiro atoms. The van der Waals surface area contributed by atoms with Gasteiger partial charge >= 0.3 is 0 Å². The Kier molecular flexibility index (Phi) is 4.94. The number of anilines is 2. The Labute approximate surface area is 171 Å². The number of aromatic nitrogens is 2. The van der Waals surface area contributed by atoms with Crippen LogP contribution in [0.5, 0.6) is 11.5 Å². The third-order valence-electron chi connectivity index (χ3n) is 4.19. The second kappa shape index (κ2) is 7.54. The minimum Gasteiger partial charge on any atom is -0.504 e. The van der Waals surface area contributed by atoms with Gasteiger partial charge < -0.3 is 15.2 Å². The molecule has 5 nitrogen and oxygen atoms in total. The standard InChI is InChI=1S/C21H15Cl2N3O2/c1-28-18-8-4-6-16(19(18)27)21-25-17-7-3-2-5-15(17)20(26-21)24-14-10-12(22)9-13(23)11-14/h2-11,27H,1H3,(H,24,25,26). The third-order valence-corrected chi connectivity index (χ3v) is 4.62. The SMILES string of the molecule is COc1cccc(-c2nc(Nc3cc(Cl)cc(Cl)c3)c3ccccc3n2)c1O. The maximum Gasteiger partial charge on any atom is 0.168 e. The number of aromatic hydroxyl groups is 1. The lowest BCUT2D eigenvalue weighted by Gasteiger charge is -2.13. The van der Waals surface area contributed by atoms with E-state index in [2.05, 4.69) is 15.3 Å². The molecule has 7 heteroatoms. The van der Waals surface area contributed by atoms with Crippen LogP contribution in [0.4, 0.5) is 11.5 Å². The molecule has 0 amide bonds. The van der Waals surface area contributed by atoms with Crippen LogP contribution in [-0.2, 0) is 0 Å². The van der Waals surface area contributed by atoms with E-state index in [9.17, 15) is 5.11 Å². The number of nitrogens with one attached hydrogen (secondary N) is 1. The number of hydrogen-bond acceptors (Lipinski definition) is 5. The number of halogens is 2. The van der Waals surface area contributed by atoms with Crippen LogP contribution in [0.3, 0.4) is 0 Å². The maximum absolute atomic E-state index is 10.5. The van der Waals surface area contributed by atoms with Crippen molar-refractivity contribution < 1.29 is 9.84 Å². The summed E-state index contributed by atoms with van der Waals surface area (Å²) in [7, 11) is 1.50. The summed E-state index contributed by atoms with van der Waals surface area (Å²) >= 11 is 12.2. The molecule has 0 unspecified atom stereocenters. The van der Waals surface area contributed by atoms with Crippen LogP contribution in [0.25, 0.3) is 22.3 Å². The minimum atomic E-state index is -0.0166. The molecule has 0 saturated carbocycles. The Morgan fingerprint density at radius 1 is 0.929 bits per heavy atom. The molecule has 0 aliphatic rings. The Morgan fingerprint density at radius 3 is 2.43 bits per heavy atom. The number of methoxy groups -OCH3 is 1. The van der Waals surface area contributed by atoms with Gasteiger partial charge in [-0.25, -0.2) is 9.97 Å². The zero-order chi connectivity index (χ0) is 19.7. The monoisotopic (exact) mass is 411 g/mol. The van der Waals surface area contributed by atoms with E-state index in [1.54, 1.807) is 36.4 Å². The largest absolute Gasteiger partial charge is 0.504 e. The zero-order valence-electron chi connectivity index (χ0n) is 14.8. The highest BCUT2D eigenvalue weighted by molar-refractivity contribution is 6.35. The lowest BCUT2D eigenvalue weighted by molar-refractivity contribution is 0.374. The van der Waals surface area contributed by atoms with Crippen molar-refractivity contribution in [1.82, 2.24) is 9.97 Å². The molecule has 28 heavy (non-hydrogen) atoms. The van der Waals surface area contributed by atoms with Gasteiger partial charge in [-0.15, -0.1) is 0 Å². The average molecular weight is 412 g/mol. The first-order chi connectivity index (χ1) is 13.5. The summed E-state index contributed by atoms with van der Waals surface area (Å²) in [4.78, 5) is 9.24. The molecule has 1 heterocycles. The molecule has 4 rings (SSSR count). The van der Waals surface area contributed by atoms with Crippen LogP contribution in [0.2, 0.25) is 10.0 Å². The molecule has 0 fully saturated rings. The van der Waals surface area contributed by atoms with Crippen molar-refractivity contribution >= 4 is 45.6 Å². The van der Waals surface area contributed by atoms with Gasteiger partial charge in [0.05, 0.1) is 18.2 Å². The average Bonchev–Trinajstić information content (AvgIpc) is 2.67. The van der Waals surface area contributed by atoms with E-state index in [1.807, 2.05) is 24.3 Å². The molecule has 0 aliphatic heterocycles. The predicted molar refractivity (Wildman–Crippen MR) is 113 cm³/mol. The fourth-order valence-electron chi connectivity index (χ4n) is 2.92. The van der Waals surface area contributed by atoms with Gasteiger partial charge in [-0.2, -0.15) is 0 Å². The summed E-state index contributed by atoms with van der Waals surface area (Å²) in [5, 5.41) is 15.6. The summed E-state index contributed by atoms with van der Waals surface area (Å²) in [6, 6.07) is 18.0. The molecule has 0 atom stereocenters. The number of benzene rings is 3. The van der Waals surface area contributed by atoms with Crippen molar-refractivity contribution in [1.29, 1.82) is 0 Å². The Balaban J connectivity index is 1.89. The number of fused-ring (bicyclic) bond motifs is 1. The number of nitrogens with zero attached hydrogens (tertiary/aromatic N) is 2. The molecule has 0 radical (unpaired) electrons. The summed E-state index contributed by atoms with van der Waals surface area (Å²) in [5.74, 6) is 1.27. The lowest BCUT2D eigenvalue weighted by atomic mass is 10.1. The zero-order valence-corrected chi connectivity index (χ0v) is 16.3. The van der Waals surface area contributed by atoms with Crippen molar-refractivity contribution in [2.24, 2.45) is 0 Å². The summed E-state index contributed by atoms with van der Waals surface area (Å²) in [6.45, 7) is 0. The second-order valence-electron chi connectivity index (χ2n) is 6.05. The number of ether oxygens (including phenoxy) is 1. The van der Waals surface area contributed by atoms with Crippen LogP contribution < -0.4 is 10.1 Å². The number of para-hydroxylation sites is 2. The molecule has 0 aliphatic carbocycles. The van der Waals surface area contributed by atoms with Crippen molar-refractivity contribution in [3.8, 4) is 22.9 Å². The summed E-state index contributed by atoms with van der Waals surface area (Å²) < 4.78 is 5.20. The van der Waals surface area contributed by atoms with E-state index >= 15 is 0 Å². The Bertz CT molecular complexity index is 1160. The molecule has 3 aromatic carbocycles. The molecule has 140 valence electrons. The Morgan fingerprint density at radius 2 is 1.68 bits per heavy atom. The van der Waals surface area contributed by atoms with Gasteiger partial charge in [-0.3, -0.25) is 0 Å². The lowest BCUT2D eigenvalue weighted by Crippen LogP contribution is -2.00. The minimum absolute atomic E-state index is 0.0166. The first-order valence-corrected chi connectivity index (χ1v) is 9.17. The summed E-state index contributed by atoms with van der Waals surface area (Å²) in [6.07, 6.45) is 0. The fraction of sp³-hybridized carbons (Fsp3) is 0.0476. The number of phenols is 1. The van der Waals surface area contributed by atoms with Crippen LogP contribution in [-0.4, -0.2) is 22.2 Å². The third kappa shape index (κ3) is 3.54. The van der Waals surface area contributed by atoms with Crippen molar-refractivity contribution in [3.05, 3.63) is 70.7 Å². The number of phenolic OH excluding ortho intramolecular Hbond substituents is 1. The smallest absolute Gasteiger partial charge is 0.168 e. The van der Waals surface area contributed by atoms with Crippen LogP contribution in [0.1, 0.15) is 0 Å². The van der Waals surface area contributed by atoms with Gasteiger partial charge in [0, 0.05) is 21.1 Å². The van der Waals surface area contributed by atoms with Crippen molar-refractivity contribution in [2.45, 2.75) is 0 Å². The highest BCUT2D eigenvalue weighted by atomic mass is 35.5. The van der Waals surface area contributed by atoms with Gasteiger partial charge in [0.2, 0.25) is 0 Å². The summed E-state index contributed by atoms with van der Waals surface area (Å²) in [5.41, 5.74) is 1.89. The van der Waals surface area contributed by atoms with Gasteiger partial charge in [-0.1, -0.05) is 41.4 Å². The molecule has 1 aromatic heterocycles. The highest BCUT2D eigenvalue weighted by Crippen LogP contribution is 2.37. The van der Waals surface area contributed by atoms with Gasteiger partial charge in [0.25, 0.3) is 0 Å². The second-order valence-corrected chi connectivity index (χ2v) is 6.93. The molecule has 0 saturated heterocycles. The van der Waals surface area contributed by atoms with E-state index in [4.69, 9.17) is 27.9 Å². The molecule has 4 aromatic rings. The van der Waals surface area contributed by atoms with Crippen LogP contribution >= 0.6 is 23.2 Å². The topological polar surface area (TPSA) is 67.3 Å². The van der Waals surface area contributed by atoms with E-state index in [1.165, 1.54) is 7.11 Å². The quantitative estimate of drug-likeness (QED) is 0.426. The number of rotatable bonds is 4. The van der Waals surface area contributed by atoms with Crippen LogP contribution in [0.15, 0.2) is 60.7 Å². The molecule has 2 N–H and O–H groups in total. The normalized spacial score (nSPS) is 10.8. The molecular formula is C21H15Cl2N3O2. The van der Waals surface area contributed by atoms with Crippen molar-refractivity contribution in [2.75, 3.05) is 12.4 Å². The van der Waals surface area contributed by atoms with E-state index in [0.717, 1.165) is 10.9 Å².